The molecule has 0 radical (unpaired) electrons. The summed E-state index contributed by atoms with van der Waals surface area (Å²) < 4.78 is 6.04. The SMILES string of the molecule is C[C@H]1[C@@H](c2ccccc2)O[C@](C)(CCO)C(=O)N1C. The molecule has 1 aliphatic rings. The maximum Gasteiger partial charge on any atom is 0.254 e. The Bertz CT molecular complexity index is 448. The van der Waals surface area contributed by atoms with E-state index in [-0.39, 0.29) is 24.7 Å². The average Bonchev–Trinajstić information content (AvgIpc) is 2.42. The zero-order valence-electron chi connectivity index (χ0n) is 11.7. The van der Waals surface area contributed by atoms with Crippen LogP contribution in [0.5, 0.6) is 0 Å². The van der Waals surface area contributed by atoms with Gasteiger partial charge in [-0.25, -0.2) is 0 Å². The number of aliphatic hydroxyl groups is 1. The first-order valence-electron chi connectivity index (χ1n) is 6.60. The third kappa shape index (κ3) is 2.51. The number of hydrogen-bond acceptors (Lipinski definition) is 3. The van der Waals surface area contributed by atoms with Crippen molar-refractivity contribution in [3.63, 3.8) is 0 Å². The van der Waals surface area contributed by atoms with Crippen molar-refractivity contribution >= 4 is 5.91 Å². The Morgan fingerprint density at radius 2 is 2.00 bits per heavy atom. The highest BCUT2D eigenvalue weighted by molar-refractivity contribution is 5.85. The van der Waals surface area contributed by atoms with Gasteiger partial charge in [0, 0.05) is 20.1 Å². The smallest absolute Gasteiger partial charge is 0.254 e. The molecule has 4 heteroatoms. The van der Waals surface area contributed by atoms with Gasteiger partial charge in [0.25, 0.3) is 5.91 Å². The van der Waals surface area contributed by atoms with Gasteiger partial charge in [0.1, 0.15) is 11.7 Å². The van der Waals surface area contributed by atoms with Gasteiger partial charge in [0.05, 0.1) is 6.04 Å². The fourth-order valence-corrected chi connectivity index (χ4v) is 2.56. The Morgan fingerprint density at radius 3 is 2.58 bits per heavy atom. The number of amides is 1. The van der Waals surface area contributed by atoms with Gasteiger partial charge in [-0.05, 0) is 19.4 Å². The zero-order valence-corrected chi connectivity index (χ0v) is 11.7. The molecule has 19 heavy (non-hydrogen) atoms. The summed E-state index contributed by atoms with van der Waals surface area (Å²) >= 11 is 0. The molecule has 3 atom stereocenters. The van der Waals surface area contributed by atoms with E-state index in [0.29, 0.717) is 6.42 Å². The summed E-state index contributed by atoms with van der Waals surface area (Å²) in [6, 6.07) is 9.87. The summed E-state index contributed by atoms with van der Waals surface area (Å²) in [7, 11) is 1.79. The van der Waals surface area contributed by atoms with Crippen molar-refractivity contribution in [1.29, 1.82) is 0 Å². The van der Waals surface area contributed by atoms with Gasteiger partial charge in [0.2, 0.25) is 0 Å². The van der Waals surface area contributed by atoms with E-state index in [1.807, 2.05) is 37.3 Å². The zero-order chi connectivity index (χ0) is 14.0. The minimum Gasteiger partial charge on any atom is -0.396 e. The molecule has 1 fully saturated rings. The maximum atomic E-state index is 12.3. The monoisotopic (exact) mass is 263 g/mol. The van der Waals surface area contributed by atoms with Crippen molar-refractivity contribution in [3.8, 4) is 0 Å². The van der Waals surface area contributed by atoms with Gasteiger partial charge < -0.3 is 14.7 Å². The van der Waals surface area contributed by atoms with Crippen LogP contribution < -0.4 is 0 Å². The standard InChI is InChI=1S/C15H21NO3/c1-11-13(12-7-5-4-6-8-12)19-15(2,9-10-17)14(18)16(11)3/h4-8,11,13,17H,9-10H2,1-3H3/t11-,13-,15+/m0/s1. The predicted molar refractivity (Wildman–Crippen MR) is 72.6 cm³/mol. The summed E-state index contributed by atoms with van der Waals surface area (Å²) in [5.41, 5.74) is 0.106. The maximum absolute atomic E-state index is 12.3. The lowest BCUT2D eigenvalue weighted by molar-refractivity contribution is -0.194. The molecular weight excluding hydrogens is 242 g/mol. The third-order valence-electron chi connectivity index (χ3n) is 3.93. The van der Waals surface area contributed by atoms with E-state index in [1.54, 1.807) is 18.9 Å². The lowest BCUT2D eigenvalue weighted by atomic mass is 9.92. The molecule has 1 aromatic rings. The summed E-state index contributed by atoms with van der Waals surface area (Å²) in [6.07, 6.45) is 0.145. The van der Waals surface area contributed by atoms with Crippen molar-refractivity contribution in [1.82, 2.24) is 4.90 Å². The van der Waals surface area contributed by atoms with Crippen LogP contribution in [-0.4, -0.2) is 41.2 Å². The normalized spacial score (nSPS) is 31.6. The van der Waals surface area contributed by atoms with Crippen LogP contribution in [0.15, 0.2) is 30.3 Å². The quantitative estimate of drug-likeness (QED) is 0.903. The van der Waals surface area contributed by atoms with Gasteiger partial charge in [-0.1, -0.05) is 30.3 Å². The first kappa shape index (κ1) is 14.0. The molecule has 0 spiro atoms. The highest BCUT2D eigenvalue weighted by Gasteiger charge is 2.46. The number of carbonyl (C=O) groups is 1. The molecule has 104 valence electrons. The second-order valence-corrected chi connectivity index (χ2v) is 5.31. The molecule has 1 amide bonds. The van der Waals surface area contributed by atoms with Crippen molar-refractivity contribution in [2.45, 2.75) is 38.0 Å². The van der Waals surface area contributed by atoms with Crippen LogP contribution >= 0.6 is 0 Å². The number of rotatable bonds is 3. The molecule has 0 aromatic heterocycles. The number of benzene rings is 1. The first-order valence-corrected chi connectivity index (χ1v) is 6.60. The Hall–Kier alpha value is -1.39. The van der Waals surface area contributed by atoms with Gasteiger partial charge in [-0.3, -0.25) is 4.79 Å². The predicted octanol–water partition coefficient (Wildman–Crippen LogP) is 1.75. The summed E-state index contributed by atoms with van der Waals surface area (Å²) in [6.45, 7) is 3.67. The fourth-order valence-electron chi connectivity index (χ4n) is 2.56. The van der Waals surface area contributed by atoms with E-state index in [9.17, 15) is 4.79 Å². The first-order chi connectivity index (χ1) is 8.99. The number of ether oxygens (including phenoxy) is 1. The van der Waals surface area contributed by atoms with E-state index in [2.05, 4.69) is 0 Å². The lowest BCUT2D eigenvalue weighted by Crippen LogP contribution is -2.58. The van der Waals surface area contributed by atoms with Crippen LogP contribution in [0.25, 0.3) is 0 Å². The largest absolute Gasteiger partial charge is 0.396 e. The highest BCUT2D eigenvalue weighted by Crippen LogP contribution is 2.37. The molecule has 0 unspecified atom stereocenters. The Kier molecular flexibility index (Phi) is 3.92. The van der Waals surface area contributed by atoms with Gasteiger partial charge >= 0.3 is 0 Å². The van der Waals surface area contributed by atoms with Crippen molar-refractivity contribution in [3.05, 3.63) is 35.9 Å². The van der Waals surface area contributed by atoms with Crippen LogP contribution in [0, 0.1) is 0 Å². The number of hydrogen-bond donors (Lipinski definition) is 1. The molecule has 4 nitrogen and oxygen atoms in total. The lowest BCUT2D eigenvalue weighted by Gasteiger charge is -2.46. The van der Waals surface area contributed by atoms with Gasteiger partial charge in [-0.15, -0.1) is 0 Å². The molecule has 1 N–H and O–H groups in total. The Labute approximate surface area is 114 Å². The Balaban J connectivity index is 2.32. The molecule has 0 saturated carbocycles. The number of aliphatic hydroxyl groups excluding tert-OH is 1. The van der Waals surface area contributed by atoms with E-state index in [1.165, 1.54) is 0 Å². The third-order valence-corrected chi connectivity index (χ3v) is 3.93. The van der Waals surface area contributed by atoms with Crippen molar-refractivity contribution < 1.29 is 14.6 Å². The van der Waals surface area contributed by atoms with Crippen LogP contribution in [0.2, 0.25) is 0 Å². The van der Waals surface area contributed by atoms with E-state index in [4.69, 9.17) is 9.84 Å². The molecular formula is C15H21NO3. The molecule has 1 aliphatic heterocycles. The topological polar surface area (TPSA) is 49.8 Å². The molecule has 0 aliphatic carbocycles. The van der Waals surface area contributed by atoms with Crippen molar-refractivity contribution in [2.75, 3.05) is 13.7 Å². The number of carbonyl (C=O) groups excluding carboxylic acids is 1. The summed E-state index contributed by atoms with van der Waals surface area (Å²) in [5.74, 6) is -0.0683. The molecule has 1 saturated heterocycles. The molecule has 1 heterocycles. The van der Waals surface area contributed by atoms with Crippen LogP contribution in [0.4, 0.5) is 0 Å². The van der Waals surface area contributed by atoms with Crippen LogP contribution in [0.1, 0.15) is 31.9 Å². The minimum absolute atomic E-state index is 0.0262. The number of nitrogens with zero attached hydrogens (tertiary/aromatic N) is 1. The van der Waals surface area contributed by atoms with E-state index >= 15 is 0 Å². The van der Waals surface area contributed by atoms with E-state index < -0.39 is 5.60 Å². The number of likely N-dealkylation sites (N-methyl/N-ethyl adjacent to an activating group) is 1. The Morgan fingerprint density at radius 1 is 1.37 bits per heavy atom. The van der Waals surface area contributed by atoms with Gasteiger partial charge in [0.15, 0.2) is 0 Å². The second kappa shape index (κ2) is 5.31. The van der Waals surface area contributed by atoms with Crippen LogP contribution in [0.3, 0.4) is 0 Å². The molecule has 2 rings (SSSR count). The van der Waals surface area contributed by atoms with Crippen molar-refractivity contribution in [2.24, 2.45) is 0 Å². The summed E-state index contributed by atoms with van der Waals surface area (Å²) in [5, 5.41) is 9.16. The fraction of sp³-hybridized carbons (Fsp3) is 0.533. The number of morpholine rings is 1. The summed E-state index contributed by atoms with van der Waals surface area (Å²) in [4.78, 5) is 14.0. The van der Waals surface area contributed by atoms with E-state index in [0.717, 1.165) is 5.56 Å². The average molecular weight is 263 g/mol. The molecule has 1 aromatic carbocycles. The highest BCUT2D eigenvalue weighted by atomic mass is 16.5. The van der Waals surface area contributed by atoms with Crippen LogP contribution in [-0.2, 0) is 9.53 Å². The second-order valence-electron chi connectivity index (χ2n) is 5.31. The minimum atomic E-state index is -0.948. The molecule has 0 bridgehead atoms. The van der Waals surface area contributed by atoms with Gasteiger partial charge in [-0.2, -0.15) is 0 Å².